The van der Waals surface area contributed by atoms with Crippen molar-refractivity contribution < 1.29 is 9.59 Å². The number of nitrogens with one attached hydrogen (secondary N) is 2. The second-order valence-corrected chi connectivity index (χ2v) is 7.33. The number of hydrogen-bond acceptors (Lipinski definition) is 3. The third-order valence-electron chi connectivity index (χ3n) is 3.15. The summed E-state index contributed by atoms with van der Waals surface area (Å²) in [4.78, 5) is 24.6. The van der Waals surface area contributed by atoms with Crippen molar-refractivity contribution in [3.8, 4) is 0 Å². The normalized spacial score (nSPS) is 12.1. The van der Waals surface area contributed by atoms with Crippen LogP contribution < -0.4 is 10.6 Å². The highest BCUT2D eigenvalue weighted by Crippen LogP contribution is 2.20. The smallest absolute Gasteiger partial charge is 0.253 e. The molecule has 2 amide bonds. The van der Waals surface area contributed by atoms with Crippen molar-refractivity contribution in [1.29, 1.82) is 0 Å². The van der Waals surface area contributed by atoms with Crippen molar-refractivity contribution in [1.82, 2.24) is 10.6 Å². The fraction of sp³-hybridized carbons (Fsp3) is 0.500. The molecule has 1 rings (SSSR count). The van der Waals surface area contributed by atoms with Crippen LogP contribution in [0.25, 0.3) is 0 Å². The summed E-state index contributed by atoms with van der Waals surface area (Å²) in [6.07, 6.45) is 2.78. The predicted molar refractivity (Wildman–Crippen MR) is 98.6 cm³/mol. The number of thioether (sulfide) groups is 1. The van der Waals surface area contributed by atoms with Crippen molar-refractivity contribution in [2.75, 3.05) is 18.6 Å². The molecule has 0 bridgehead atoms. The van der Waals surface area contributed by atoms with E-state index in [2.05, 4.69) is 24.5 Å². The average molecular weight is 377 g/mol. The fourth-order valence-corrected chi connectivity index (χ4v) is 2.81. The number of benzene rings is 1. The maximum atomic E-state index is 12.3. The first-order valence-corrected chi connectivity index (χ1v) is 9.52. The summed E-state index contributed by atoms with van der Waals surface area (Å²) in [5.41, 5.74) is 0.264. The Balaban J connectivity index is 2.72. The first-order chi connectivity index (χ1) is 10.8. The first kappa shape index (κ1) is 20.1. The van der Waals surface area contributed by atoms with E-state index in [1.165, 1.54) is 17.8 Å². The molecule has 0 saturated heterocycles. The highest BCUT2D eigenvalue weighted by Gasteiger charge is 2.22. The summed E-state index contributed by atoms with van der Waals surface area (Å²) in [6, 6.07) is 4.05. The van der Waals surface area contributed by atoms with E-state index >= 15 is 0 Å². The largest absolute Gasteiger partial charge is 0.354 e. The van der Waals surface area contributed by atoms with E-state index in [0.717, 1.165) is 6.42 Å². The molecule has 1 atom stereocenters. The van der Waals surface area contributed by atoms with E-state index in [0.29, 0.717) is 28.3 Å². The van der Waals surface area contributed by atoms with E-state index in [4.69, 9.17) is 23.2 Å². The maximum Gasteiger partial charge on any atom is 0.253 e. The molecule has 0 fully saturated rings. The van der Waals surface area contributed by atoms with Crippen LogP contribution in [-0.4, -0.2) is 36.4 Å². The van der Waals surface area contributed by atoms with Gasteiger partial charge in [0.1, 0.15) is 6.04 Å². The maximum absolute atomic E-state index is 12.3. The zero-order valence-corrected chi connectivity index (χ0v) is 15.8. The molecule has 0 aromatic heterocycles. The SMILES string of the molecule is CSC[C@H](NC(=O)c1cc(Cl)ccc1Cl)C(=O)NCCC(C)C. The van der Waals surface area contributed by atoms with Gasteiger partial charge in [0.25, 0.3) is 5.91 Å². The van der Waals surface area contributed by atoms with Gasteiger partial charge in [-0.2, -0.15) is 11.8 Å². The molecular weight excluding hydrogens is 355 g/mol. The third-order valence-corrected chi connectivity index (χ3v) is 4.38. The zero-order chi connectivity index (χ0) is 17.4. The lowest BCUT2D eigenvalue weighted by molar-refractivity contribution is -0.122. The van der Waals surface area contributed by atoms with Crippen LogP contribution in [0.5, 0.6) is 0 Å². The lowest BCUT2D eigenvalue weighted by atomic mass is 10.1. The number of halogens is 2. The summed E-state index contributed by atoms with van der Waals surface area (Å²) in [7, 11) is 0. The number of carbonyl (C=O) groups is 2. The number of hydrogen-bond donors (Lipinski definition) is 2. The van der Waals surface area contributed by atoms with Crippen LogP contribution >= 0.6 is 35.0 Å². The van der Waals surface area contributed by atoms with Crippen LogP contribution in [-0.2, 0) is 4.79 Å². The van der Waals surface area contributed by atoms with Gasteiger partial charge in [0.05, 0.1) is 10.6 Å². The molecule has 0 radical (unpaired) electrons. The quantitative estimate of drug-likeness (QED) is 0.728. The molecule has 128 valence electrons. The van der Waals surface area contributed by atoms with Gasteiger partial charge < -0.3 is 10.6 Å². The Morgan fingerprint density at radius 3 is 2.57 bits per heavy atom. The molecule has 1 aromatic carbocycles. The van der Waals surface area contributed by atoms with Gasteiger partial charge in [-0.15, -0.1) is 0 Å². The first-order valence-electron chi connectivity index (χ1n) is 7.37. The Labute approximate surface area is 151 Å². The van der Waals surface area contributed by atoms with E-state index in [1.807, 2.05) is 6.26 Å². The van der Waals surface area contributed by atoms with Crippen LogP contribution in [0, 0.1) is 5.92 Å². The van der Waals surface area contributed by atoms with Gasteiger partial charge in [0, 0.05) is 17.3 Å². The van der Waals surface area contributed by atoms with Gasteiger partial charge in [-0.05, 0) is 36.8 Å². The predicted octanol–water partition coefficient (Wildman–Crippen LogP) is 3.62. The van der Waals surface area contributed by atoms with E-state index in [1.54, 1.807) is 12.1 Å². The summed E-state index contributed by atoms with van der Waals surface area (Å²) < 4.78 is 0. The van der Waals surface area contributed by atoms with E-state index in [-0.39, 0.29) is 11.5 Å². The summed E-state index contributed by atoms with van der Waals surface area (Å²) in [5, 5.41) is 6.30. The van der Waals surface area contributed by atoms with Crippen LogP contribution in [0.15, 0.2) is 18.2 Å². The molecule has 0 heterocycles. The minimum atomic E-state index is -0.611. The number of carbonyl (C=O) groups excluding carboxylic acids is 2. The van der Waals surface area contributed by atoms with Gasteiger partial charge in [0.15, 0.2) is 0 Å². The topological polar surface area (TPSA) is 58.2 Å². The van der Waals surface area contributed by atoms with E-state index < -0.39 is 11.9 Å². The summed E-state index contributed by atoms with van der Waals surface area (Å²) >= 11 is 13.4. The minimum absolute atomic E-state index is 0.188. The molecule has 0 aliphatic heterocycles. The van der Waals surface area contributed by atoms with Gasteiger partial charge in [-0.1, -0.05) is 37.0 Å². The fourth-order valence-electron chi connectivity index (χ4n) is 1.86. The second-order valence-electron chi connectivity index (χ2n) is 5.58. The standard InChI is InChI=1S/C16H22Cl2N2O2S/c1-10(2)6-7-19-16(22)14(9-23-3)20-15(21)12-8-11(17)4-5-13(12)18/h4-5,8,10,14H,6-7,9H2,1-3H3,(H,19,22)(H,20,21)/t14-/m0/s1. The average Bonchev–Trinajstić information content (AvgIpc) is 2.48. The number of amides is 2. The van der Waals surface area contributed by atoms with Crippen molar-refractivity contribution in [3.05, 3.63) is 33.8 Å². The van der Waals surface area contributed by atoms with Gasteiger partial charge in [0.2, 0.25) is 5.91 Å². The van der Waals surface area contributed by atoms with Gasteiger partial charge in [-0.3, -0.25) is 9.59 Å². The highest BCUT2D eigenvalue weighted by atomic mass is 35.5. The van der Waals surface area contributed by atoms with Crippen LogP contribution in [0.1, 0.15) is 30.6 Å². The Morgan fingerprint density at radius 1 is 1.26 bits per heavy atom. The Kier molecular flexibility index (Phi) is 8.81. The minimum Gasteiger partial charge on any atom is -0.354 e. The van der Waals surface area contributed by atoms with Crippen LogP contribution in [0.3, 0.4) is 0 Å². The Bertz CT molecular complexity index is 553. The highest BCUT2D eigenvalue weighted by molar-refractivity contribution is 7.98. The van der Waals surface area contributed by atoms with Crippen LogP contribution in [0.2, 0.25) is 10.0 Å². The molecule has 23 heavy (non-hydrogen) atoms. The zero-order valence-electron chi connectivity index (χ0n) is 13.5. The molecule has 4 nitrogen and oxygen atoms in total. The van der Waals surface area contributed by atoms with Gasteiger partial charge in [-0.25, -0.2) is 0 Å². The molecule has 7 heteroatoms. The van der Waals surface area contributed by atoms with Crippen LogP contribution in [0.4, 0.5) is 0 Å². The van der Waals surface area contributed by atoms with Crippen molar-refractivity contribution >= 4 is 46.8 Å². The van der Waals surface area contributed by atoms with Crippen molar-refractivity contribution in [3.63, 3.8) is 0 Å². The number of rotatable bonds is 8. The molecule has 0 saturated carbocycles. The summed E-state index contributed by atoms with van der Waals surface area (Å²) in [6.45, 7) is 4.78. The van der Waals surface area contributed by atoms with Crippen molar-refractivity contribution in [2.45, 2.75) is 26.3 Å². The molecule has 0 unspecified atom stereocenters. The van der Waals surface area contributed by atoms with Gasteiger partial charge >= 0.3 is 0 Å². The molecular formula is C16H22Cl2N2O2S. The van der Waals surface area contributed by atoms with Crippen molar-refractivity contribution in [2.24, 2.45) is 5.92 Å². The Morgan fingerprint density at radius 2 is 1.96 bits per heavy atom. The second kappa shape index (κ2) is 10.1. The van der Waals surface area contributed by atoms with E-state index in [9.17, 15) is 9.59 Å². The molecule has 0 aliphatic carbocycles. The lowest BCUT2D eigenvalue weighted by Gasteiger charge is -2.18. The molecule has 1 aromatic rings. The summed E-state index contributed by atoms with van der Waals surface area (Å²) in [5.74, 6) is 0.397. The third kappa shape index (κ3) is 7.02. The molecule has 0 aliphatic rings. The monoisotopic (exact) mass is 376 g/mol. The molecule has 0 spiro atoms. The lowest BCUT2D eigenvalue weighted by Crippen LogP contribution is -2.48. The molecule has 2 N–H and O–H groups in total. The Hall–Kier alpha value is -0.910.